The highest BCUT2D eigenvalue weighted by molar-refractivity contribution is 9.10. The largest absolute Gasteiger partial charge is 0.319 e. The molecular weight excluding hydrogens is 294 g/mol. The van der Waals surface area contributed by atoms with Gasteiger partial charge in [-0.05, 0) is 41.5 Å². The maximum Gasteiger partial charge on any atom is 0.235 e. The van der Waals surface area contributed by atoms with Crippen LogP contribution < -0.4 is 10.0 Å². The van der Waals surface area contributed by atoms with E-state index >= 15 is 0 Å². The molecule has 0 bridgehead atoms. The van der Waals surface area contributed by atoms with Gasteiger partial charge in [-0.2, -0.15) is 0 Å². The molecule has 5 nitrogen and oxygen atoms in total. The number of pyridine rings is 1. The van der Waals surface area contributed by atoms with Crippen molar-refractivity contribution in [2.24, 2.45) is 0 Å². The van der Waals surface area contributed by atoms with Crippen molar-refractivity contribution in [1.82, 2.24) is 10.3 Å². The first-order chi connectivity index (χ1) is 7.44. The van der Waals surface area contributed by atoms with Gasteiger partial charge in [-0.25, -0.2) is 13.4 Å². The van der Waals surface area contributed by atoms with Gasteiger partial charge in [-0.3, -0.25) is 4.72 Å². The van der Waals surface area contributed by atoms with E-state index in [9.17, 15) is 8.42 Å². The van der Waals surface area contributed by atoms with E-state index in [0.29, 0.717) is 12.4 Å². The molecule has 90 valence electrons. The van der Waals surface area contributed by atoms with Crippen LogP contribution in [0.3, 0.4) is 0 Å². The monoisotopic (exact) mass is 307 g/mol. The van der Waals surface area contributed by atoms with Gasteiger partial charge in [-0.15, -0.1) is 0 Å². The van der Waals surface area contributed by atoms with Gasteiger partial charge < -0.3 is 5.32 Å². The van der Waals surface area contributed by atoms with E-state index in [1.807, 2.05) is 6.92 Å². The van der Waals surface area contributed by atoms with Gasteiger partial charge in [0.2, 0.25) is 10.0 Å². The number of hydrogen-bond donors (Lipinski definition) is 2. The zero-order valence-electron chi connectivity index (χ0n) is 9.12. The van der Waals surface area contributed by atoms with Crippen LogP contribution in [0.2, 0.25) is 0 Å². The van der Waals surface area contributed by atoms with E-state index in [-0.39, 0.29) is 5.75 Å². The minimum atomic E-state index is -3.32. The number of rotatable bonds is 5. The smallest absolute Gasteiger partial charge is 0.235 e. The number of aromatic nitrogens is 1. The summed E-state index contributed by atoms with van der Waals surface area (Å²) >= 11 is 3.30. The molecule has 0 atom stereocenters. The van der Waals surface area contributed by atoms with Crippen LogP contribution in [-0.2, 0) is 10.0 Å². The van der Waals surface area contributed by atoms with Crippen molar-refractivity contribution < 1.29 is 8.42 Å². The fraction of sp³-hybridized carbons (Fsp3) is 0.444. The Morgan fingerprint density at radius 3 is 2.75 bits per heavy atom. The first-order valence-electron chi connectivity index (χ1n) is 4.72. The van der Waals surface area contributed by atoms with Gasteiger partial charge in [0.25, 0.3) is 0 Å². The number of aryl methyl sites for hydroxylation is 1. The first kappa shape index (κ1) is 13.4. The minimum Gasteiger partial charge on any atom is -0.319 e. The third kappa shape index (κ3) is 4.07. The summed E-state index contributed by atoms with van der Waals surface area (Å²) < 4.78 is 26.4. The molecule has 0 saturated heterocycles. The van der Waals surface area contributed by atoms with E-state index in [1.54, 1.807) is 19.3 Å². The van der Waals surface area contributed by atoms with Gasteiger partial charge >= 0.3 is 0 Å². The molecule has 1 heterocycles. The summed E-state index contributed by atoms with van der Waals surface area (Å²) in [6, 6.07) is 1.68. The van der Waals surface area contributed by atoms with Crippen LogP contribution in [0.5, 0.6) is 0 Å². The van der Waals surface area contributed by atoms with E-state index in [1.165, 1.54) is 0 Å². The average Bonchev–Trinajstić information content (AvgIpc) is 2.20. The molecule has 0 aliphatic carbocycles. The summed E-state index contributed by atoms with van der Waals surface area (Å²) in [6.45, 7) is 2.28. The van der Waals surface area contributed by atoms with Gasteiger partial charge in [0, 0.05) is 17.2 Å². The Labute approximate surface area is 104 Å². The van der Waals surface area contributed by atoms with E-state index in [2.05, 4.69) is 31.0 Å². The van der Waals surface area contributed by atoms with Crippen LogP contribution >= 0.6 is 15.9 Å². The number of halogens is 1. The molecule has 0 aromatic carbocycles. The Bertz CT molecular complexity index is 462. The summed E-state index contributed by atoms with van der Waals surface area (Å²) in [5, 5.41) is 2.78. The quantitative estimate of drug-likeness (QED) is 0.855. The van der Waals surface area contributed by atoms with Gasteiger partial charge in [0.05, 0.1) is 5.75 Å². The van der Waals surface area contributed by atoms with Crippen molar-refractivity contribution in [3.05, 3.63) is 22.3 Å². The molecule has 1 aromatic heterocycles. The molecule has 0 amide bonds. The summed E-state index contributed by atoms with van der Waals surface area (Å²) in [6.07, 6.45) is 1.57. The van der Waals surface area contributed by atoms with Crippen LogP contribution in [0.1, 0.15) is 5.56 Å². The van der Waals surface area contributed by atoms with Crippen molar-refractivity contribution in [2.45, 2.75) is 6.92 Å². The molecule has 0 fully saturated rings. The third-order valence-corrected chi connectivity index (χ3v) is 4.02. The zero-order chi connectivity index (χ0) is 12.2. The van der Waals surface area contributed by atoms with Crippen LogP contribution in [0.15, 0.2) is 16.7 Å². The topological polar surface area (TPSA) is 71.1 Å². The molecule has 16 heavy (non-hydrogen) atoms. The van der Waals surface area contributed by atoms with Crippen molar-refractivity contribution in [3.63, 3.8) is 0 Å². The number of hydrogen-bond acceptors (Lipinski definition) is 4. The summed E-state index contributed by atoms with van der Waals surface area (Å²) in [7, 11) is -1.61. The normalized spacial score (nSPS) is 11.4. The molecule has 1 rings (SSSR count). The molecule has 1 aromatic rings. The maximum absolute atomic E-state index is 11.6. The molecule has 7 heteroatoms. The van der Waals surface area contributed by atoms with Gasteiger partial charge in [-0.1, -0.05) is 0 Å². The fourth-order valence-electron chi connectivity index (χ4n) is 1.04. The summed E-state index contributed by atoms with van der Waals surface area (Å²) in [4.78, 5) is 3.97. The van der Waals surface area contributed by atoms with Gasteiger partial charge in [0.15, 0.2) is 0 Å². The Morgan fingerprint density at radius 2 is 2.19 bits per heavy atom. The maximum atomic E-state index is 11.6. The fourth-order valence-corrected chi connectivity index (χ4v) is 2.26. The second-order valence-electron chi connectivity index (χ2n) is 3.34. The summed E-state index contributed by atoms with van der Waals surface area (Å²) in [5.41, 5.74) is 0.932. The van der Waals surface area contributed by atoms with Gasteiger partial charge in [0.1, 0.15) is 5.82 Å². The first-order valence-corrected chi connectivity index (χ1v) is 7.16. The Balaban J connectivity index is 2.76. The molecule has 2 N–H and O–H groups in total. The predicted octanol–water partition coefficient (Wildman–Crippen LogP) is 1.11. The summed E-state index contributed by atoms with van der Waals surface area (Å²) in [5.74, 6) is 0.372. The Kier molecular flexibility index (Phi) is 4.69. The van der Waals surface area contributed by atoms with Crippen LogP contribution in [0, 0.1) is 6.92 Å². The number of nitrogens with zero attached hydrogens (tertiary/aromatic N) is 1. The van der Waals surface area contributed by atoms with Crippen molar-refractivity contribution in [2.75, 3.05) is 24.1 Å². The standard InChI is InChI=1S/C9H14BrN3O2S/c1-7-5-9(12-6-8(7)10)13-16(14,15)4-3-11-2/h5-6,11H,3-4H2,1-2H3,(H,12,13). The second-order valence-corrected chi connectivity index (χ2v) is 6.04. The molecule has 0 aliphatic heterocycles. The van der Waals surface area contributed by atoms with E-state index < -0.39 is 10.0 Å². The average molecular weight is 308 g/mol. The highest BCUT2D eigenvalue weighted by atomic mass is 79.9. The minimum absolute atomic E-state index is 0.0281. The molecular formula is C9H14BrN3O2S. The molecule has 0 unspecified atom stereocenters. The lowest BCUT2D eigenvalue weighted by molar-refractivity contribution is 0.598. The molecule has 0 aliphatic rings. The highest BCUT2D eigenvalue weighted by Gasteiger charge is 2.10. The van der Waals surface area contributed by atoms with Crippen molar-refractivity contribution in [3.8, 4) is 0 Å². The highest BCUT2D eigenvalue weighted by Crippen LogP contribution is 2.17. The molecule has 0 spiro atoms. The van der Waals surface area contributed by atoms with Crippen LogP contribution in [0.4, 0.5) is 5.82 Å². The van der Waals surface area contributed by atoms with Crippen molar-refractivity contribution in [1.29, 1.82) is 0 Å². The van der Waals surface area contributed by atoms with Crippen LogP contribution in [0.25, 0.3) is 0 Å². The lowest BCUT2D eigenvalue weighted by Gasteiger charge is -2.07. The van der Waals surface area contributed by atoms with E-state index in [4.69, 9.17) is 0 Å². The number of anilines is 1. The SMILES string of the molecule is CNCCS(=O)(=O)Nc1cc(C)c(Br)cn1. The number of nitrogens with one attached hydrogen (secondary N) is 2. The molecule has 0 radical (unpaired) electrons. The lowest BCUT2D eigenvalue weighted by Crippen LogP contribution is -2.24. The number of sulfonamides is 1. The third-order valence-electron chi connectivity index (χ3n) is 1.93. The van der Waals surface area contributed by atoms with Crippen molar-refractivity contribution >= 4 is 31.8 Å². The second kappa shape index (κ2) is 5.60. The van der Waals surface area contributed by atoms with Crippen LogP contribution in [-0.4, -0.2) is 32.7 Å². The predicted molar refractivity (Wildman–Crippen MR) is 68.0 cm³/mol. The Hall–Kier alpha value is -0.660. The lowest BCUT2D eigenvalue weighted by atomic mass is 10.3. The zero-order valence-corrected chi connectivity index (χ0v) is 11.5. The Morgan fingerprint density at radius 1 is 1.50 bits per heavy atom. The molecule has 0 saturated carbocycles. The van der Waals surface area contributed by atoms with E-state index in [0.717, 1.165) is 10.0 Å².